The van der Waals surface area contributed by atoms with E-state index in [2.05, 4.69) is 31.1 Å². The Hall–Kier alpha value is -1.60. The van der Waals surface area contributed by atoms with Crippen LogP contribution in [0.2, 0.25) is 0 Å². The molecule has 0 aromatic carbocycles. The minimum atomic E-state index is 0.390. The fourth-order valence-electron chi connectivity index (χ4n) is 1.42. The van der Waals surface area contributed by atoms with E-state index in [4.69, 9.17) is 8.94 Å². The van der Waals surface area contributed by atoms with Gasteiger partial charge in [0.1, 0.15) is 5.03 Å². The molecule has 0 N–H and O–H groups in total. The number of nitrogens with zero attached hydrogens (tertiary/aromatic N) is 3. The first-order valence-electron chi connectivity index (χ1n) is 5.43. The molecule has 7 heteroatoms. The van der Waals surface area contributed by atoms with Gasteiger partial charge < -0.3 is 8.94 Å². The lowest BCUT2D eigenvalue weighted by atomic mass is 10.4. The number of rotatable bonds is 4. The maximum Gasteiger partial charge on any atom is 0.293 e. The van der Waals surface area contributed by atoms with Gasteiger partial charge in [-0.1, -0.05) is 16.9 Å². The molecule has 0 saturated carbocycles. The van der Waals surface area contributed by atoms with Crippen molar-refractivity contribution in [2.24, 2.45) is 0 Å². The Morgan fingerprint density at radius 2 is 2.21 bits per heavy atom. The van der Waals surface area contributed by atoms with Crippen molar-refractivity contribution >= 4 is 27.7 Å². The number of halogens is 1. The molecular weight excluding hydrogens is 330 g/mol. The smallest absolute Gasteiger partial charge is 0.293 e. The summed E-state index contributed by atoms with van der Waals surface area (Å²) in [6.45, 7) is 0. The van der Waals surface area contributed by atoms with E-state index in [0.29, 0.717) is 23.2 Å². The van der Waals surface area contributed by atoms with Crippen molar-refractivity contribution in [3.8, 4) is 11.7 Å². The average molecular weight is 338 g/mol. The van der Waals surface area contributed by atoms with E-state index in [-0.39, 0.29) is 0 Å². The first-order chi connectivity index (χ1) is 9.33. The minimum Gasteiger partial charge on any atom is -0.459 e. The summed E-state index contributed by atoms with van der Waals surface area (Å²) in [5, 5.41) is 4.80. The molecule has 0 amide bonds. The van der Waals surface area contributed by atoms with E-state index < -0.39 is 0 Å². The van der Waals surface area contributed by atoms with Crippen LogP contribution in [-0.2, 0) is 5.75 Å². The Labute approximate surface area is 121 Å². The zero-order valence-corrected chi connectivity index (χ0v) is 12.0. The second-order valence-electron chi connectivity index (χ2n) is 3.57. The van der Waals surface area contributed by atoms with Crippen LogP contribution in [0.5, 0.6) is 0 Å². The molecule has 0 aliphatic heterocycles. The third-order valence-electron chi connectivity index (χ3n) is 2.26. The van der Waals surface area contributed by atoms with Crippen LogP contribution in [0.4, 0.5) is 0 Å². The maximum atomic E-state index is 5.19. The van der Waals surface area contributed by atoms with Crippen molar-refractivity contribution in [1.82, 2.24) is 15.1 Å². The Kier molecular flexibility index (Phi) is 3.65. The van der Waals surface area contributed by atoms with Gasteiger partial charge in [-0.15, -0.1) is 0 Å². The summed E-state index contributed by atoms with van der Waals surface area (Å²) in [5.74, 6) is 2.15. The zero-order valence-electron chi connectivity index (χ0n) is 9.62. The van der Waals surface area contributed by atoms with Gasteiger partial charge in [-0.2, -0.15) is 4.98 Å². The van der Waals surface area contributed by atoms with E-state index in [1.54, 1.807) is 24.6 Å². The van der Waals surface area contributed by atoms with Crippen LogP contribution >= 0.6 is 27.7 Å². The predicted molar refractivity (Wildman–Crippen MR) is 73.5 cm³/mol. The summed E-state index contributed by atoms with van der Waals surface area (Å²) in [7, 11) is 0. The highest BCUT2D eigenvalue weighted by Crippen LogP contribution is 2.27. The van der Waals surface area contributed by atoms with Crippen molar-refractivity contribution in [2.45, 2.75) is 10.8 Å². The van der Waals surface area contributed by atoms with Gasteiger partial charge in [0, 0.05) is 10.7 Å². The Morgan fingerprint density at radius 1 is 1.26 bits per heavy atom. The Morgan fingerprint density at radius 3 is 3.00 bits per heavy atom. The fraction of sp³-hybridized carbons (Fsp3) is 0.0833. The molecule has 3 aromatic rings. The third-order valence-corrected chi connectivity index (χ3v) is 4.17. The summed E-state index contributed by atoms with van der Waals surface area (Å²) in [4.78, 5) is 8.52. The molecule has 96 valence electrons. The molecular formula is C12H8BrN3O2S. The molecule has 0 unspecified atom stereocenters. The number of furan rings is 1. The number of aromatic nitrogens is 3. The van der Waals surface area contributed by atoms with Crippen LogP contribution in [0.1, 0.15) is 5.82 Å². The molecule has 0 spiro atoms. The molecule has 0 fully saturated rings. The predicted octanol–water partition coefficient (Wildman–Crippen LogP) is 3.78. The average Bonchev–Trinajstić information content (AvgIpc) is 3.09. The van der Waals surface area contributed by atoms with Crippen molar-refractivity contribution in [3.05, 3.63) is 47.0 Å². The Bertz CT molecular complexity index is 669. The van der Waals surface area contributed by atoms with Crippen molar-refractivity contribution in [1.29, 1.82) is 0 Å². The molecule has 0 radical (unpaired) electrons. The largest absolute Gasteiger partial charge is 0.459 e. The quantitative estimate of drug-likeness (QED) is 0.675. The topological polar surface area (TPSA) is 65.0 Å². The fourth-order valence-corrected chi connectivity index (χ4v) is 2.75. The number of hydrogen-bond acceptors (Lipinski definition) is 6. The van der Waals surface area contributed by atoms with Crippen LogP contribution in [0, 0.1) is 0 Å². The third kappa shape index (κ3) is 2.87. The summed E-state index contributed by atoms with van der Waals surface area (Å²) in [6.07, 6.45) is 3.32. The molecule has 3 heterocycles. The minimum absolute atomic E-state index is 0.390. The molecule has 3 rings (SSSR count). The maximum absolute atomic E-state index is 5.19. The van der Waals surface area contributed by atoms with Gasteiger partial charge in [-0.3, -0.25) is 0 Å². The highest BCUT2D eigenvalue weighted by Gasteiger charge is 2.12. The van der Waals surface area contributed by atoms with Crippen molar-refractivity contribution in [3.63, 3.8) is 0 Å². The second-order valence-corrected chi connectivity index (χ2v) is 5.39. The summed E-state index contributed by atoms with van der Waals surface area (Å²) >= 11 is 4.98. The van der Waals surface area contributed by atoms with Gasteiger partial charge in [0.2, 0.25) is 0 Å². The molecule has 0 atom stereocenters. The molecule has 0 aliphatic rings. The molecule has 0 bridgehead atoms. The van der Waals surface area contributed by atoms with Crippen molar-refractivity contribution < 1.29 is 8.94 Å². The molecule has 0 aliphatic carbocycles. The van der Waals surface area contributed by atoms with E-state index in [9.17, 15) is 0 Å². The SMILES string of the molecule is Brc1cccnc1SCc1noc(-c2ccco2)n1. The zero-order chi connectivity index (χ0) is 13.1. The molecule has 3 aromatic heterocycles. The number of hydrogen-bond donors (Lipinski definition) is 0. The van der Waals surface area contributed by atoms with E-state index >= 15 is 0 Å². The summed E-state index contributed by atoms with van der Waals surface area (Å²) in [5.41, 5.74) is 0. The van der Waals surface area contributed by atoms with Crippen molar-refractivity contribution in [2.75, 3.05) is 0 Å². The highest BCUT2D eigenvalue weighted by atomic mass is 79.9. The first-order valence-corrected chi connectivity index (χ1v) is 7.20. The van der Waals surface area contributed by atoms with Crippen LogP contribution in [-0.4, -0.2) is 15.1 Å². The summed E-state index contributed by atoms with van der Waals surface area (Å²) < 4.78 is 11.3. The highest BCUT2D eigenvalue weighted by molar-refractivity contribution is 9.10. The molecule has 5 nitrogen and oxygen atoms in total. The lowest BCUT2D eigenvalue weighted by molar-refractivity contribution is 0.411. The lowest BCUT2D eigenvalue weighted by Crippen LogP contribution is -1.86. The monoisotopic (exact) mass is 337 g/mol. The number of pyridine rings is 1. The first kappa shape index (κ1) is 12.4. The van der Waals surface area contributed by atoms with Gasteiger partial charge in [-0.25, -0.2) is 4.98 Å². The second kappa shape index (κ2) is 5.58. The van der Waals surface area contributed by atoms with E-state index in [1.165, 1.54) is 11.8 Å². The van der Waals surface area contributed by atoms with E-state index in [1.807, 2.05) is 12.1 Å². The van der Waals surface area contributed by atoms with Gasteiger partial charge in [0.05, 0.1) is 12.0 Å². The van der Waals surface area contributed by atoms with Gasteiger partial charge >= 0.3 is 0 Å². The van der Waals surface area contributed by atoms with Crippen LogP contribution < -0.4 is 0 Å². The van der Waals surface area contributed by atoms with Gasteiger partial charge in [0.25, 0.3) is 5.89 Å². The van der Waals surface area contributed by atoms with Crippen LogP contribution in [0.25, 0.3) is 11.7 Å². The van der Waals surface area contributed by atoms with E-state index in [0.717, 1.165) is 9.50 Å². The Balaban J connectivity index is 1.70. The summed E-state index contributed by atoms with van der Waals surface area (Å²) in [6, 6.07) is 7.37. The normalized spacial score (nSPS) is 10.8. The van der Waals surface area contributed by atoms with Crippen LogP contribution in [0.3, 0.4) is 0 Å². The van der Waals surface area contributed by atoms with Crippen LogP contribution in [0.15, 0.2) is 55.2 Å². The number of thioether (sulfide) groups is 1. The van der Waals surface area contributed by atoms with Gasteiger partial charge in [0.15, 0.2) is 11.6 Å². The lowest BCUT2D eigenvalue weighted by Gasteiger charge is -1.99. The molecule has 19 heavy (non-hydrogen) atoms. The molecule has 0 saturated heterocycles. The van der Waals surface area contributed by atoms with Gasteiger partial charge in [-0.05, 0) is 40.2 Å². The standard InChI is InChI=1S/C12H8BrN3O2S/c13-8-3-1-5-14-12(8)19-7-10-15-11(18-16-10)9-4-2-6-17-9/h1-6H,7H2.